The Hall–Kier alpha value is -1.55. The molecule has 0 aromatic heterocycles. The van der Waals surface area contributed by atoms with Crippen molar-refractivity contribution in [2.24, 2.45) is 0 Å². The van der Waals surface area contributed by atoms with Gasteiger partial charge < -0.3 is 10.2 Å². The summed E-state index contributed by atoms with van der Waals surface area (Å²) in [5.74, 6) is -0.0419. The molecule has 0 aliphatic heterocycles. The van der Waals surface area contributed by atoms with Crippen LogP contribution in [0.4, 0.5) is 5.69 Å². The monoisotopic (exact) mass is 363 g/mol. The Kier molecular flexibility index (Phi) is 5.44. The molecular weight excluding hydrogens is 343 g/mol. The molecule has 3 nitrogen and oxygen atoms in total. The average Bonchev–Trinajstić information content (AvgIpc) is 2.57. The molecule has 1 aliphatic carbocycles. The quantitative estimate of drug-likeness (QED) is 0.855. The number of aryl methyl sites for hydroxylation is 1. The lowest BCUT2D eigenvalue weighted by Crippen LogP contribution is -3.10. The van der Waals surface area contributed by atoms with Gasteiger partial charge in [0.05, 0.1) is 17.8 Å². The van der Waals surface area contributed by atoms with Crippen LogP contribution < -0.4 is 10.2 Å². The summed E-state index contributed by atoms with van der Waals surface area (Å²) >= 11 is 12.0. The Balaban J connectivity index is 1.67. The van der Waals surface area contributed by atoms with Crippen LogP contribution in [0, 0.1) is 0 Å². The van der Waals surface area contributed by atoms with E-state index in [1.165, 1.54) is 22.4 Å². The third-order valence-corrected chi connectivity index (χ3v) is 5.16. The van der Waals surface area contributed by atoms with Gasteiger partial charge in [0.1, 0.15) is 6.04 Å². The van der Waals surface area contributed by atoms with E-state index in [9.17, 15) is 4.79 Å². The zero-order chi connectivity index (χ0) is 17.1. The minimum atomic E-state index is -0.0419. The van der Waals surface area contributed by atoms with Crippen LogP contribution in [0.25, 0.3) is 0 Å². The molecule has 3 rings (SSSR count). The van der Waals surface area contributed by atoms with E-state index >= 15 is 0 Å². The molecule has 5 heteroatoms. The molecule has 0 saturated carbocycles. The van der Waals surface area contributed by atoms with Gasteiger partial charge in [0.2, 0.25) is 0 Å². The second-order valence-corrected chi connectivity index (χ2v) is 7.18. The first kappa shape index (κ1) is 17.3. The van der Waals surface area contributed by atoms with Gasteiger partial charge in [-0.05, 0) is 36.6 Å². The molecule has 0 fully saturated rings. The average molecular weight is 364 g/mol. The predicted octanol–water partition coefficient (Wildman–Crippen LogP) is 3.52. The SMILES string of the molecule is C[NH+](CC(=O)Nc1ccc(Cl)cc1Cl)[C@@H]1CCCc2ccccc21. The molecule has 0 heterocycles. The lowest BCUT2D eigenvalue weighted by molar-refractivity contribution is -0.905. The first-order chi connectivity index (χ1) is 11.5. The number of rotatable bonds is 4. The first-order valence-corrected chi connectivity index (χ1v) is 8.95. The Morgan fingerprint density at radius 3 is 2.83 bits per heavy atom. The van der Waals surface area contributed by atoms with E-state index in [-0.39, 0.29) is 5.91 Å². The smallest absolute Gasteiger partial charge is 0.279 e. The van der Waals surface area contributed by atoms with Crippen LogP contribution in [-0.2, 0) is 11.2 Å². The molecule has 2 atom stereocenters. The summed E-state index contributed by atoms with van der Waals surface area (Å²) in [6.45, 7) is 0.401. The van der Waals surface area contributed by atoms with Crippen molar-refractivity contribution in [3.05, 3.63) is 63.6 Å². The van der Waals surface area contributed by atoms with Gasteiger partial charge >= 0.3 is 0 Å². The maximum atomic E-state index is 12.4. The molecule has 126 valence electrons. The molecule has 2 N–H and O–H groups in total. The lowest BCUT2D eigenvalue weighted by Gasteiger charge is -2.30. The summed E-state index contributed by atoms with van der Waals surface area (Å²) < 4.78 is 0. The van der Waals surface area contributed by atoms with E-state index in [0.717, 1.165) is 12.8 Å². The third kappa shape index (κ3) is 3.92. The van der Waals surface area contributed by atoms with Gasteiger partial charge in [0, 0.05) is 17.0 Å². The molecular formula is C19H21Cl2N2O+. The van der Waals surface area contributed by atoms with Crippen molar-refractivity contribution < 1.29 is 9.69 Å². The van der Waals surface area contributed by atoms with Gasteiger partial charge in [-0.2, -0.15) is 0 Å². The van der Waals surface area contributed by atoms with E-state index in [0.29, 0.717) is 28.3 Å². The van der Waals surface area contributed by atoms with Gasteiger partial charge in [-0.1, -0.05) is 47.5 Å². The minimum absolute atomic E-state index is 0.0419. The van der Waals surface area contributed by atoms with Crippen molar-refractivity contribution in [2.45, 2.75) is 25.3 Å². The van der Waals surface area contributed by atoms with Gasteiger partial charge in [-0.15, -0.1) is 0 Å². The first-order valence-electron chi connectivity index (χ1n) is 8.19. The summed E-state index contributed by atoms with van der Waals surface area (Å²) in [6.07, 6.45) is 3.41. The van der Waals surface area contributed by atoms with E-state index in [1.54, 1.807) is 18.2 Å². The van der Waals surface area contributed by atoms with E-state index in [1.807, 2.05) is 0 Å². The van der Waals surface area contributed by atoms with Crippen LogP contribution in [0.1, 0.15) is 30.0 Å². The third-order valence-electron chi connectivity index (χ3n) is 4.61. The summed E-state index contributed by atoms with van der Waals surface area (Å²) in [7, 11) is 2.08. The minimum Gasteiger partial charge on any atom is -0.323 e. The largest absolute Gasteiger partial charge is 0.323 e. The number of amides is 1. The van der Waals surface area contributed by atoms with Crippen molar-refractivity contribution in [3.8, 4) is 0 Å². The number of anilines is 1. The van der Waals surface area contributed by atoms with Crippen LogP contribution >= 0.6 is 23.2 Å². The molecule has 1 unspecified atom stereocenters. The Labute approximate surface area is 152 Å². The van der Waals surface area contributed by atoms with E-state index < -0.39 is 0 Å². The number of hydrogen-bond acceptors (Lipinski definition) is 1. The van der Waals surface area contributed by atoms with Crippen LogP contribution in [-0.4, -0.2) is 19.5 Å². The zero-order valence-corrected chi connectivity index (χ0v) is 15.1. The Morgan fingerprint density at radius 2 is 2.04 bits per heavy atom. The summed E-state index contributed by atoms with van der Waals surface area (Å²) in [6, 6.07) is 14.0. The number of quaternary nitrogens is 1. The van der Waals surface area contributed by atoms with Crippen molar-refractivity contribution in [1.29, 1.82) is 0 Å². The zero-order valence-electron chi connectivity index (χ0n) is 13.6. The summed E-state index contributed by atoms with van der Waals surface area (Å²) in [5, 5.41) is 3.89. The highest BCUT2D eigenvalue weighted by molar-refractivity contribution is 6.36. The number of likely N-dealkylation sites (N-methyl/N-ethyl adjacent to an activating group) is 1. The van der Waals surface area contributed by atoms with E-state index in [2.05, 4.69) is 36.6 Å². The molecule has 0 spiro atoms. The second kappa shape index (κ2) is 7.56. The summed E-state index contributed by atoms with van der Waals surface area (Å²) in [4.78, 5) is 13.6. The molecule has 24 heavy (non-hydrogen) atoms. The van der Waals surface area contributed by atoms with Gasteiger partial charge in [-0.25, -0.2) is 0 Å². The maximum absolute atomic E-state index is 12.4. The number of halogens is 2. The van der Waals surface area contributed by atoms with Gasteiger partial charge in [0.25, 0.3) is 5.91 Å². The van der Waals surface area contributed by atoms with Gasteiger partial charge in [-0.3, -0.25) is 4.79 Å². The van der Waals surface area contributed by atoms with Crippen molar-refractivity contribution >= 4 is 34.8 Å². The molecule has 0 radical (unpaired) electrons. The molecule has 2 aromatic carbocycles. The van der Waals surface area contributed by atoms with Crippen LogP contribution in [0.2, 0.25) is 10.0 Å². The number of benzene rings is 2. The Morgan fingerprint density at radius 1 is 1.25 bits per heavy atom. The molecule has 1 aliphatic rings. The molecule has 1 amide bonds. The highest BCUT2D eigenvalue weighted by Gasteiger charge is 2.28. The van der Waals surface area contributed by atoms with Crippen molar-refractivity contribution in [2.75, 3.05) is 18.9 Å². The number of fused-ring (bicyclic) bond motifs is 1. The molecule has 0 saturated heterocycles. The van der Waals surface area contributed by atoms with Crippen LogP contribution in [0.15, 0.2) is 42.5 Å². The van der Waals surface area contributed by atoms with Gasteiger partial charge in [0.15, 0.2) is 6.54 Å². The predicted molar refractivity (Wildman–Crippen MR) is 99.0 cm³/mol. The normalized spacial score (nSPS) is 17.9. The van der Waals surface area contributed by atoms with Crippen LogP contribution in [0.3, 0.4) is 0 Å². The highest BCUT2D eigenvalue weighted by atomic mass is 35.5. The number of nitrogens with one attached hydrogen (secondary N) is 2. The summed E-state index contributed by atoms with van der Waals surface area (Å²) in [5.41, 5.74) is 3.38. The topological polar surface area (TPSA) is 33.5 Å². The fourth-order valence-electron chi connectivity index (χ4n) is 3.43. The fraction of sp³-hybridized carbons (Fsp3) is 0.316. The lowest BCUT2D eigenvalue weighted by atomic mass is 9.87. The second-order valence-electron chi connectivity index (χ2n) is 6.34. The fourth-order valence-corrected chi connectivity index (χ4v) is 3.88. The number of carbonyl (C=O) groups excluding carboxylic acids is 1. The molecule has 0 bridgehead atoms. The Bertz CT molecular complexity index is 748. The van der Waals surface area contributed by atoms with E-state index in [4.69, 9.17) is 23.2 Å². The van der Waals surface area contributed by atoms with Crippen molar-refractivity contribution in [1.82, 2.24) is 0 Å². The van der Waals surface area contributed by atoms with Crippen molar-refractivity contribution in [3.63, 3.8) is 0 Å². The maximum Gasteiger partial charge on any atom is 0.279 e. The highest BCUT2D eigenvalue weighted by Crippen LogP contribution is 2.27. The van der Waals surface area contributed by atoms with Crippen LogP contribution in [0.5, 0.6) is 0 Å². The number of hydrogen-bond donors (Lipinski definition) is 2. The number of carbonyl (C=O) groups is 1. The molecule has 2 aromatic rings. The standard InChI is InChI=1S/C19H20Cl2N2O/c1-23(18-8-4-6-13-5-2-3-7-15(13)18)12-19(24)22-17-10-9-14(20)11-16(17)21/h2-3,5,7,9-11,18H,4,6,8,12H2,1H3,(H,22,24)/p+1/t18-/m1/s1.